The minimum absolute atomic E-state index is 0.715. The molecule has 0 fully saturated rings. The second-order valence-electron chi connectivity index (χ2n) is 1.48. The minimum Gasteiger partial charge on any atom is -0.192 e. The van der Waals surface area contributed by atoms with Crippen molar-refractivity contribution < 1.29 is 0 Å². The van der Waals surface area contributed by atoms with Crippen molar-refractivity contribution in [3.05, 3.63) is 35.9 Å². The molecule has 0 heterocycles. The van der Waals surface area contributed by atoms with Crippen molar-refractivity contribution in [3.8, 4) is 6.07 Å². The second kappa shape index (κ2) is 6.26. The summed E-state index contributed by atoms with van der Waals surface area (Å²) in [5, 5.41) is 8.29. The molecular formula is C8H10NP. The standard InChI is InChI=1S/C7H5N.CH5P/c8-6-7-4-2-1-3-5-7;1-2/h1-5H;2H2,1H3. The van der Waals surface area contributed by atoms with Gasteiger partial charge in [-0.15, -0.1) is 9.24 Å². The van der Waals surface area contributed by atoms with E-state index >= 15 is 0 Å². The zero-order valence-electron chi connectivity index (χ0n) is 5.91. The van der Waals surface area contributed by atoms with Crippen LogP contribution in [-0.2, 0) is 0 Å². The van der Waals surface area contributed by atoms with Crippen LogP contribution in [0.3, 0.4) is 0 Å². The number of benzene rings is 1. The Bertz CT molecular complexity index is 200. The zero-order valence-corrected chi connectivity index (χ0v) is 7.07. The van der Waals surface area contributed by atoms with Gasteiger partial charge in [0, 0.05) is 0 Å². The Morgan fingerprint density at radius 2 is 1.70 bits per heavy atom. The minimum atomic E-state index is 0.715. The highest BCUT2D eigenvalue weighted by molar-refractivity contribution is 7.15. The van der Waals surface area contributed by atoms with Crippen LogP contribution in [0.4, 0.5) is 0 Å². The Morgan fingerprint density at radius 3 is 2.00 bits per heavy atom. The first kappa shape index (κ1) is 9.14. The summed E-state index contributed by atoms with van der Waals surface area (Å²) in [5.74, 6) is 0. The molecule has 0 bridgehead atoms. The van der Waals surface area contributed by atoms with Gasteiger partial charge in [0.2, 0.25) is 0 Å². The summed E-state index contributed by atoms with van der Waals surface area (Å²) in [6.07, 6.45) is 0. The lowest BCUT2D eigenvalue weighted by Crippen LogP contribution is -1.66. The average Bonchev–Trinajstić information content (AvgIpc) is 2.10. The van der Waals surface area contributed by atoms with Crippen LogP contribution >= 0.6 is 9.24 Å². The quantitative estimate of drug-likeness (QED) is 0.520. The number of hydrogen-bond acceptors (Lipinski definition) is 1. The molecule has 0 saturated heterocycles. The molecule has 0 saturated carbocycles. The van der Waals surface area contributed by atoms with E-state index in [4.69, 9.17) is 5.26 Å². The zero-order chi connectivity index (χ0) is 7.82. The maximum atomic E-state index is 8.29. The first-order valence-electron chi connectivity index (χ1n) is 2.96. The molecule has 10 heavy (non-hydrogen) atoms. The summed E-state index contributed by atoms with van der Waals surface area (Å²) in [7, 11) is 2.42. The fourth-order valence-corrected chi connectivity index (χ4v) is 0.513. The molecule has 1 aromatic carbocycles. The van der Waals surface area contributed by atoms with Crippen molar-refractivity contribution in [2.24, 2.45) is 0 Å². The predicted octanol–water partition coefficient (Wildman–Crippen LogP) is 2.05. The van der Waals surface area contributed by atoms with Gasteiger partial charge in [0.05, 0.1) is 11.6 Å². The third-order valence-electron chi connectivity index (χ3n) is 0.903. The van der Waals surface area contributed by atoms with Crippen LogP contribution in [0.25, 0.3) is 0 Å². The van der Waals surface area contributed by atoms with Gasteiger partial charge in [-0.2, -0.15) is 5.26 Å². The van der Waals surface area contributed by atoms with Crippen molar-refractivity contribution >= 4 is 9.24 Å². The molecule has 0 spiro atoms. The van der Waals surface area contributed by atoms with Gasteiger partial charge in [-0.3, -0.25) is 0 Å². The lowest BCUT2D eigenvalue weighted by atomic mass is 10.2. The molecule has 0 aromatic heterocycles. The van der Waals surface area contributed by atoms with E-state index in [1.807, 2.05) is 30.9 Å². The highest BCUT2D eigenvalue weighted by atomic mass is 31.0. The Labute approximate surface area is 63.9 Å². The van der Waals surface area contributed by atoms with E-state index in [2.05, 4.69) is 9.24 Å². The van der Waals surface area contributed by atoms with Crippen molar-refractivity contribution in [1.29, 1.82) is 5.26 Å². The number of rotatable bonds is 0. The van der Waals surface area contributed by atoms with Gasteiger partial charge in [-0.1, -0.05) is 24.9 Å². The van der Waals surface area contributed by atoms with Gasteiger partial charge in [0.15, 0.2) is 0 Å². The average molecular weight is 151 g/mol. The second-order valence-corrected chi connectivity index (χ2v) is 1.48. The van der Waals surface area contributed by atoms with E-state index in [0.29, 0.717) is 5.56 Å². The molecule has 0 aliphatic heterocycles. The molecule has 0 aliphatic rings. The monoisotopic (exact) mass is 151 g/mol. The first-order valence-corrected chi connectivity index (χ1v) is 4.12. The van der Waals surface area contributed by atoms with Gasteiger partial charge < -0.3 is 0 Å². The maximum absolute atomic E-state index is 8.29. The van der Waals surface area contributed by atoms with Crippen LogP contribution in [0.1, 0.15) is 5.56 Å². The smallest absolute Gasteiger partial charge is 0.0991 e. The summed E-state index contributed by atoms with van der Waals surface area (Å²) in [5.41, 5.74) is 0.715. The summed E-state index contributed by atoms with van der Waals surface area (Å²) in [6.45, 7) is 1.92. The Balaban J connectivity index is 0.000000371. The van der Waals surface area contributed by atoms with Crippen LogP contribution in [-0.4, -0.2) is 6.66 Å². The van der Waals surface area contributed by atoms with Crippen molar-refractivity contribution in [2.75, 3.05) is 6.66 Å². The topological polar surface area (TPSA) is 23.8 Å². The van der Waals surface area contributed by atoms with Gasteiger partial charge >= 0.3 is 0 Å². The Kier molecular flexibility index (Phi) is 5.72. The summed E-state index contributed by atoms with van der Waals surface area (Å²) in [6, 6.07) is 11.2. The molecule has 0 radical (unpaired) electrons. The van der Waals surface area contributed by atoms with E-state index in [-0.39, 0.29) is 0 Å². The van der Waals surface area contributed by atoms with Crippen molar-refractivity contribution in [1.82, 2.24) is 0 Å². The van der Waals surface area contributed by atoms with Gasteiger partial charge in [0.25, 0.3) is 0 Å². The fourth-order valence-electron chi connectivity index (χ4n) is 0.513. The molecule has 1 aromatic rings. The van der Waals surface area contributed by atoms with Crippen LogP contribution in [0.2, 0.25) is 0 Å². The van der Waals surface area contributed by atoms with E-state index in [9.17, 15) is 0 Å². The summed E-state index contributed by atoms with van der Waals surface area (Å²) in [4.78, 5) is 0. The normalized spacial score (nSPS) is 6.90. The highest BCUT2D eigenvalue weighted by Crippen LogP contribution is 1.92. The van der Waals surface area contributed by atoms with Crippen LogP contribution in [0.5, 0.6) is 0 Å². The van der Waals surface area contributed by atoms with E-state index in [1.165, 1.54) is 0 Å². The van der Waals surface area contributed by atoms with Crippen LogP contribution in [0, 0.1) is 11.3 Å². The highest BCUT2D eigenvalue weighted by Gasteiger charge is 1.79. The fraction of sp³-hybridized carbons (Fsp3) is 0.125. The van der Waals surface area contributed by atoms with Gasteiger partial charge in [-0.25, -0.2) is 0 Å². The molecule has 1 nitrogen and oxygen atoms in total. The molecule has 2 heteroatoms. The van der Waals surface area contributed by atoms with E-state index in [1.54, 1.807) is 12.1 Å². The number of nitrogens with zero attached hydrogens (tertiary/aromatic N) is 1. The van der Waals surface area contributed by atoms with Crippen molar-refractivity contribution in [3.63, 3.8) is 0 Å². The van der Waals surface area contributed by atoms with Crippen LogP contribution < -0.4 is 0 Å². The summed E-state index contributed by atoms with van der Waals surface area (Å²) < 4.78 is 0. The van der Waals surface area contributed by atoms with E-state index in [0.717, 1.165) is 0 Å². The van der Waals surface area contributed by atoms with Gasteiger partial charge in [0.1, 0.15) is 0 Å². The molecule has 52 valence electrons. The number of hydrogen-bond donors (Lipinski definition) is 0. The molecule has 1 unspecified atom stereocenters. The first-order chi connectivity index (χ1) is 4.93. The molecular weight excluding hydrogens is 141 g/mol. The largest absolute Gasteiger partial charge is 0.192 e. The lowest BCUT2D eigenvalue weighted by molar-refractivity contribution is 1.49. The maximum Gasteiger partial charge on any atom is 0.0991 e. The Morgan fingerprint density at radius 1 is 1.20 bits per heavy atom. The predicted molar refractivity (Wildman–Crippen MR) is 46.8 cm³/mol. The molecule has 0 aliphatic carbocycles. The Hall–Kier alpha value is -0.860. The van der Waals surface area contributed by atoms with Gasteiger partial charge in [-0.05, 0) is 12.1 Å². The molecule has 0 amide bonds. The van der Waals surface area contributed by atoms with Crippen molar-refractivity contribution in [2.45, 2.75) is 0 Å². The van der Waals surface area contributed by atoms with E-state index < -0.39 is 0 Å². The third-order valence-corrected chi connectivity index (χ3v) is 0.903. The van der Waals surface area contributed by atoms with Crippen LogP contribution in [0.15, 0.2) is 30.3 Å². The summed E-state index contributed by atoms with van der Waals surface area (Å²) >= 11 is 0. The molecule has 1 rings (SSSR count). The third kappa shape index (κ3) is 3.22. The SMILES string of the molecule is CP.N#Cc1ccccc1. The lowest BCUT2D eigenvalue weighted by Gasteiger charge is -1.80. The molecule has 0 N–H and O–H groups in total. The molecule has 1 atom stereocenters. The number of nitriles is 1.